The van der Waals surface area contributed by atoms with Crippen LogP contribution in [-0.2, 0) is 26.2 Å². The number of nitrogens with one attached hydrogen (secondary N) is 1. The first-order chi connectivity index (χ1) is 18.1. The van der Waals surface area contributed by atoms with Gasteiger partial charge in [-0.2, -0.15) is 0 Å². The number of carbonyl (C=O) groups is 2. The molecule has 0 spiro atoms. The van der Waals surface area contributed by atoms with Crippen molar-refractivity contribution in [3.05, 3.63) is 93.4 Å². The van der Waals surface area contributed by atoms with Crippen molar-refractivity contribution in [2.75, 3.05) is 17.4 Å². The van der Waals surface area contributed by atoms with Gasteiger partial charge in [0.2, 0.25) is 11.8 Å². The second-order valence-corrected chi connectivity index (χ2v) is 11.5. The van der Waals surface area contributed by atoms with E-state index in [0.717, 1.165) is 4.31 Å². The normalized spacial score (nSPS) is 12.0. The zero-order valence-corrected chi connectivity index (χ0v) is 24.0. The molecule has 0 saturated heterocycles. The van der Waals surface area contributed by atoms with Crippen molar-refractivity contribution in [2.24, 2.45) is 0 Å². The van der Waals surface area contributed by atoms with Gasteiger partial charge in [-0.1, -0.05) is 72.1 Å². The maximum atomic E-state index is 13.9. The van der Waals surface area contributed by atoms with Crippen LogP contribution in [0, 0.1) is 0 Å². The number of nitrogens with zero attached hydrogens (tertiary/aromatic N) is 2. The molecule has 0 aromatic heterocycles. The predicted molar refractivity (Wildman–Crippen MR) is 152 cm³/mol. The van der Waals surface area contributed by atoms with Crippen molar-refractivity contribution >= 4 is 62.3 Å². The van der Waals surface area contributed by atoms with E-state index in [-0.39, 0.29) is 23.0 Å². The Bertz CT molecular complexity index is 1390. The standard InChI is InChI=1S/C27H28Cl3N3O4S/c1-3-25(27(35)31-4-2)32(17-19-13-14-21(29)16-24(19)30)26(34)18-33(22-10-8-9-20(28)15-22)38(36,37)23-11-6-5-7-12-23/h5-16,25H,3-4,17-18H2,1-2H3,(H,31,35)/t25-/m1/s1. The van der Waals surface area contributed by atoms with Gasteiger partial charge < -0.3 is 10.2 Å². The number of rotatable bonds is 11. The van der Waals surface area contributed by atoms with Gasteiger partial charge in [-0.3, -0.25) is 13.9 Å². The molecule has 3 aromatic rings. The third-order valence-corrected chi connectivity index (χ3v) is 8.41. The van der Waals surface area contributed by atoms with Gasteiger partial charge in [0.1, 0.15) is 12.6 Å². The van der Waals surface area contributed by atoms with Gasteiger partial charge in [-0.25, -0.2) is 8.42 Å². The van der Waals surface area contributed by atoms with Crippen LogP contribution in [0.3, 0.4) is 0 Å². The van der Waals surface area contributed by atoms with Gasteiger partial charge in [-0.05, 0) is 61.4 Å². The van der Waals surface area contributed by atoms with Crippen LogP contribution in [0.4, 0.5) is 5.69 Å². The Morgan fingerprint density at radius 1 is 0.895 bits per heavy atom. The smallest absolute Gasteiger partial charge is 0.264 e. The summed E-state index contributed by atoms with van der Waals surface area (Å²) in [6.45, 7) is 3.33. The van der Waals surface area contributed by atoms with Gasteiger partial charge in [0, 0.05) is 28.2 Å². The summed E-state index contributed by atoms with van der Waals surface area (Å²) < 4.78 is 28.4. The highest BCUT2D eigenvalue weighted by molar-refractivity contribution is 7.92. The average molecular weight is 597 g/mol. The molecule has 0 radical (unpaired) electrons. The van der Waals surface area contributed by atoms with Crippen molar-refractivity contribution in [1.82, 2.24) is 10.2 Å². The summed E-state index contributed by atoms with van der Waals surface area (Å²) >= 11 is 18.6. The first kappa shape index (κ1) is 29.8. The van der Waals surface area contributed by atoms with E-state index >= 15 is 0 Å². The number of likely N-dealkylation sites (N-methyl/N-ethyl adjacent to an activating group) is 1. The van der Waals surface area contributed by atoms with Crippen molar-refractivity contribution in [1.29, 1.82) is 0 Å². The van der Waals surface area contributed by atoms with E-state index in [9.17, 15) is 18.0 Å². The third kappa shape index (κ3) is 7.20. The second kappa shape index (κ2) is 13.3. The fourth-order valence-corrected chi connectivity index (χ4v) is 6.00. The third-order valence-electron chi connectivity index (χ3n) is 5.80. The molecule has 0 bridgehead atoms. The molecule has 1 N–H and O–H groups in total. The molecule has 11 heteroatoms. The van der Waals surface area contributed by atoms with Crippen molar-refractivity contribution < 1.29 is 18.0 Å². The Balaban J connectivity index is 2.07. The molecule has 0 saturated carbocycles. The molecule has 7 nitrogen and oxygen atoms in total. The van der Waals surface area contributed by atoms with Gasteiger partial charge in [0.25, 0.3) is 10.0 Å². The molecule has 3 rings (SSSR count). The molecule has 202 valence electrons. The second-order valence-electron chi connectivity index (χ2n) is 8.38. The number of hydrogen-bond acceptors (Lipinski definition) is 4. The van der Waals surface area contributed by atoms with Gasteiger partial charge in [0.05, 0.1) is 10.6 Å². The van der Waals surface area contributed by atoms with Crippen LogP contribution < -0.4 is 9.62 Å². The van der Waals surface area contributed by atoms with E-state index in [2.05, 4.69) is 5.32 Å². The fraction of sp³-hybridized carbons (Fsp3) is 0.259. The largest absolute Gasteiger partial charge is 0.355 e. The predicted octanol–water partition coefficient (Wildman–Crippen LogP) is 5.79. The Labute approximate surface area is 238 Å². The number of halogens is 3. The summed E-state index contributed by atoms with van der Waals surface area (Å²) in [7, 11) is -4.17. The lowest BCUT2D eigenvalue weighted by atomic mass is 10.1. The van der Waals surface area contributed by atoms with Gasteiger partial charge in [-0.15, -0.1) is 0 Å². The summed E-state index contributed by atoms with van der Waals surface area (Å²) in [4.78, 5) is 28.2. The molecule has 0 aliphatic rings. The Morgan fingerprint density at radius 3 is 2.18 bits per heavy atom. The van der Waals surface area contributed by atoms with Crippen LogP contribution in [0.5, 0.6) is 0 Å². The minimum atomic E-state index is -4.17. The number of carbonyl (C=O) groups excluding carboxylic acids is 2. The molecular weight excluding hydrogens is 569 g/mol. The van der Waals surface area contributed by atoms with Crippen LogP contribution in [0.1, 0.15) is 25.8 Å². The monoisotopic (exact) mass is 595 g/mol. The fourth-order valence-electron chi connectivity index (χ4n) is 3.92. The van der Waals surface area contributed by atoms with Crippen LogP contribution in [-0.4, -0.2) is 44.3 Å². The lowest BCUT2D eigenvalue weighted by Gasteiger charge is -2.33. The summed E-state index contributed by atoms with van der Waals surface area (Å²) in [6, 6.07) is 18.0. The minimum Gasteiger partial charge on any atom is -0.355 e. The van der Waals surface area contributed by atoms with E-state index in [1.54, 1.807) is 68.4 Å². The maximum Gasteiger partial charge on any atom is 0.264 e. The van der Waals surface area contributed by atoms with Crippen LogP contribution in [0.2, 0.25) is 15.1 Å². The first-order valence-corrected chi connectivity index (χ1v) is 14.5. The molecule has 1 atom stereocenters. The van der Waals surface area contributed by atoms with E-state index in [4.69, 9.17) is 34.8 Å². The number of sulfonamides is 1. The SMILES string of the molecule is CCNC(=O)[C@@H](CC)N(Cc1ccc(Cl)cc1Cl)C(=O)CN(c1cccc(Cl)c1)S(=O)(=O)c1ccccc1. The molecule has 0 aliphatic heterocycles. The van der Waals surface area contributed by atoms with Crippen molar-refractivity contribution in [3.8, 4) is 0 Å². The van der Waals surface area contributed by atoms with Gasteiger partial charge >= 0.3 is 0 Å². The highest BCUT2D eigenvalue weighted by Gasteiger charge is 2.33. The van der Waals surface area contributed by atoms with E-state index in [0.29, 0.717) is 33.6 Å². The molecule has 0 heterocycles. The molecule has 3 aromatic carbocycles. The zero-order chi connectivity index (χ0) is 27.9. The highest BCUT2D eigenvalue weighted by Crippen LogP contribution is 2.28. The maximum absolute atomic E-state index is 13.9. The summed E-state index contributed by atoms with van der Waals surface area (Å²) in [5.41, 5.74) is 0.776. The van der Waals surface area contributed by atoms with Crippen molar-refractivity contribution in [2.45, 2.75) is 37.8 Å². The first-order valence-electron chi connectivity index (χ1n) is 11.9. The number of anilines is 1. The van der Waals surface area contributed by atoms with Crippen LogP contribution in [0.15, 0.2) is 77.7 Å². The average Bonchev–Trinajstić information content (AvgIpc) is 2.88. The molecule has 0 aliphatic carbocycles. The number of amides is 2. The van der Waals surface area contributed by atoms with Crippen LogP contribution >= 0.6 is 34.8 Å². The zero-order valence-electron chi connectivity index (χ0n) is 20.9. The molecule has 2 amide bonds. The van der Waals surface area contributed by atoms with Gasteiger partial charge in [0.15, 0.2) is 0 Å². The lowest BCUT2D eigenvalue weighted by molar-refractivity contribution is -0.140. The lowest BCUT2D eigenvalue weighted by Crippen LogP contribution is -2.52. The van der Waals surface area contributed by atoms with E-state index in [1.807, 2.05) is 0 Å². The Hall–Kier alpha value is -2.78. The molecule has 0 unspecified atom stereocenters. The minimum absolute atomic E-state index is 0.0100. The summed E-state index contributed by atoms with van der Waals surface area (Å²) in [5.74, 6) is -0.942. The van der Waals surface area contributed by atoms with Crippen molar-refractivity contribution in [3.63, 3.8) is 0 Å². The summed E-state index contributed by atoms with van der Waals surface area (Å²) in [5, 5.41) is 3.81. The molecular formula is C27H28Cl3N3O4S. The Morgan fingerprint density at radius 2 is 1.58 bits per heavy atom. The Kier molecular flexibility index (Phi) is 10.4. The topological polar surface area (TPSA) is 86.8 Å². The van der Waals surface area contributed by atoms with Crippen LogP contribution in [0.25, 0.3) is 0 Å². The van der Waals surface area contributed by atoms with E-state index in [1.165, 1.54) is 23.1 Å². The number of hydrogen-bond donors (Lipinski definition) is 1. The highest BCUT2D eigenvalue weighted by atomic mass is 35.5. The summed E-state index contributed by atoms with van der Waals surface area (Å²) in [6.07, 6.45) is 0.297. The molecule has 0 fully saturated rings. The van der Waals surface area contributed by atoms with E-state index < -0.39 is 28.5 Å². The number of benzene rings is 3. The quantitative estimate of drug-likeness (QED) is 0.304. The molecule has 38 heavy (non-hydrogen) atoms.